The lowest BCUT2D eigenvalue weighted by atomic mass is 9.97. The minimum absolute atomic E-state index is 0.0803. The number of carbonyl (C=O) groups excluding carboxylic acids is 1. The molecule has 17 heavy (non-hydrogen) atoms. The van der Waals surface area contributed by atoms with Crippen LogP contribution in [0.2, 0.25) is 0 Å². The van der Waals surface area contributed by atoms with Crippen molar-refractivity contribution in [1.82, 2.24) is 10.2 Å². The lowest BCUT2D eigenvalue weighted by molar-refractivity contribution is -0.137. The minimum Gasteiger partial charge on any atom is -0.481 e. The molecule has 1 saturated heterocycles. The smallest absolute Gasteiger partial charge is 0.317 e. The fourth-order valence-corrected chi connectivity index (χ4v) is 1.89. The molecular formula is C11H20N2O4. The van der Waals surface area contributed by atoms with Crippen LogP contribution in [0.5, 0.6) is 0 Å². The summed E-state index contributed by atoms with van der Waals surface area (Å²) in [5, 5.41) is 11.1. The SMILES string of the molecule is CCOC1(C)CN(C(=O)NCCCC(=O)O)C1. The van der Waals surface area contributed by atoms with Gasteiger partial charge in [0.2, 0.25) is 0 Å². The Balaban J connectivity index is 2.13. The second-order valence-corrected chi connectivity index (χ2v) is 4.47. The van der Waals surface area contributed by atoms with Crippen LogP contribution in [0, 0.1) is 0 Å². The Morgan fingerprint density at radius 2 is 2.12 bits per heavy atom. The van der Waals surface area contributed by atoms with Gasteiger partial charge in [-0.15, -0.1) is 0 Å². The highest BCUT2D eigenvalue weighted by molar-refractivity contribution is 5.75. The molecule has 6 heteroatoms. The lowest BCUT2D eigenvalue weighted by Crippen LogP contribution is -2.65. The van der Waals surface area contributed by atoms with Gasteiger partial charge in [-0.3, -0.25) is 4.79 Å². The van der Waals surface area contributed by atoms with Crippen molar-refractivity contribution in [1.29, 1.82) is 0 Å². The first-order valence-electron chi connectivity index (χ1n) is 5.85. The van der Waals surface area contributed by atoms with E-state index in [0.717, 1.165) is 0 Å². The van der Waals surface area contributed by atoms with Crippen LogP contribution in [0.3, 0.4) is 0 Å². The highest BCUT2D eigenvalue weighted by Crippen LogP contribution is 2.24. The molecule has 1 aliphatic rings. The molecule has 0 atom stereocenters. The van der Waals surface area contributed by atoms with Crippen LogP contribution >= 0.6 is 0 Å². The predicted molar refractivity (Wildman–Crippen MR) is 61.9 cm³/mol. The van der Waals surface area contributed by atoms with Crippen LogP contribution in [0.1, 0.15) is 26.7 Å². The van der Waals surface area contributed by atoms with E-state index in [9.17, 15) is 9.59 Å². The van der Waals surface area contributed by atoms with Crippen molar-refractivity contribution < 1.29 is 19.4 Å². The van der Waals surface area contributed by atoms with E-state index < -0.39 is 5.97 Å². The normalized spacial score (nSPS) is 17.4. The standard InChI is InChI=1S/C11H20N2O4/c1-3-17-11(2)7-13(8-11)10(16)12-6-4-5-9(14)15/h3-8H2,1-2H3,(H,12,16)(H,14,15). The molecule has 0 unspecified atom stereocenters. The summed E-state index contributed by atoms with van der Waals surface area (Å²) in [5.41, 5.74) is -0.215. The van der Waals surface area contributed by atoms with E-state index >= 15 is 0 Å². The number of ether oxygens (including phenoxy) is 1. The number of hydrogen-bond donors (Lipinski definition) is 2. The maximum atomic E-state index is 11.6. The van der Waals surface area contributed by atoms with Gasteiger partial charge in [0.25, 0.3) is 0 Å². The van der Waals surface area contributed by atoms with Gasteiger partial charge in [-0.25, -0.2) is 4.79 Å². The summed E-state index contributed by atoms with van der Waals surface area (Å²) in [6, 6.07) is -0.146. The summed E-state index contributed by atoms with van der Waals surface area (Å²) in [6.45, 7) is 6.12. The van der Waals surface area contributed by atoms with Crippen molar-refractivity contribution in [2.24, 2.45) is 0 Å². The monoisotopic (exact) mass is 244 g/mol. The van der Waals surface area contributed by atoms with E-state index in [2.05, 4.69) is 5.32 Å². The minimum atomic E-state index is -0.841. The quantitative estimate of drug-likeness (QED) is 0.673. The zero-order chi connectivity index (χ0) is 12.9. The van der Waals surface area contributed by atoms with Gasteiger partial charge in [-0.2, -0.15) is 0 Å². The van der Waals surface area contributed by atoms with Gasteiger partial charge in [-0.05, 0) is 20.3 Å². The Kier molecular flexibility index (Phi) is 4.74. The Hall–Kier alpha value is -1.30. The van der Waals surface area contributed by atoms with Crippen LogP contribution in [0.4, 0.5) is 4.79 Å². The fourth-order valence-electron chi connectivity index (χ4n) is 1.89. The van der Waals surface area contributed by atoms with Crippen molar-refractivity contribution in [2.45, 2.75) is 32.3 Å². The summed E-state index contributed by atoms with van der Waals surface area (Å²) in [5.74, 6) is -0.841. The molecular weight excluding hydrogens is 224 g/mol. The number of hydrogen-bond acceptors (Lipinski definition) is 3. The van der Waals surface area contributed by atoms with Crippen molar-refractivity contribution in [3.8, 4) is 0 Å². The molecule has 1 fully saturated rings. The van der Waals surface area contributed by atoms with Gasteiger partial charge in [0.15, 0.2) is 0 Å². The van der Waals surface area contributed by atoms with Crippen LogP contribution in [-0.2, 0) is 9.53 Å². The third kappa shape index (κ3) is 4.22. The molecule has 0 spiro atoms. The van der Waals surface area contributed by atoms with E-state index in [4.69, 9.17) is 9.84 Å². The number of amides is 2. The van der Waals surface area contributed by atoms with E-state index in [1.165, 1.54) is 0 Å². The molecule has 2 N–H and O–H groups in total. The first-order valence-corrected chi connectivity index (χ1v) is 5.85. The molecule has 0 saturated carbocycles. The Morgan fingerprint density at radius 3 is 2.65 bits per heavy atom. The molecule has 0 aromatic rings. The van der Waals surface area contributed by atoms with Gasteiger partial charge in [0.1, 0.15) is 5.60 Å². The molecule has 0 aromatic carbocycles. The van der Waals surface area contributed by atoms with Gasteiger partial charge in [-0.1, -0.05) is 0 Å². The van der Waals surface area contributed by atoms with Gasteiger partial charge < -0.3 is 20.1 Å². The molecule has 0 aromatic heterocycles. The summed E-state index contributed by atoms with van der Waals surface area (Å²) in [4.78, 5) is 23.5. The highest BCUT2D eigenvalue weighted by atomic mass is 16.5. The Labute approximate surface area is 101 Å². The van der Waals surface area contributed by atoms with Gasteiger partial charge >= 0.3 is 12.0 Å². The topological polar surface area (TPSA) is 78.9 Å². The van der Waals surface area contributed by atoms with Gasteiger partial charge in [0, 0.05) is 19.6 Å². The van der Waals surface area contributed by atoms with E-state index in [-0.39, 0.29) is 18.1 Å². The number of nitrogens with zero attached hydrogens (tertiary/aromatic N) is 1. The van der Waals surface area contributed by atoms with E-state index in [1.807, 2.05) is 13.8 Å². The molecule has 98 valence electrons. The second kappa shape index (κ2) is 5.86. The van der Waals surface area contributed by atoms with Crippen molar-refractivity contribution in [3.05, 3.63) is 0 Å². The first-order chi connectivity index (χ1) is 7.97. The largest absolute Gasteiger partial charge is 0.481 e. The second-order valence-electron chi connectivity index (χ2n) is 4.47. The highest BCUT2D eigenvalue weighted by Gasteiger charge is 2.41. The lowest BCUT2D eigenvalue weighted by Gasteiger charge is -2.47. The third-order valence-electron chi connectivity index (χ3n) is 2.67. The molecule has 0 aliphatic carbocycles. The molecule has 1 aliphatic heterocycles. The van der Waals surface area contributed by atoms with Crippen molar-refractivity contribution in [3.63, 3.8) is 0 Å². The number of likely N-dealkylation sites (tertiary alicyclic amines) is 1. The molecule has 0 bridgehead atoms. The average Bonchev–Trinajstić information content (AvgIpc) is 2.20. The maximum Gasteiger partial charge on any atom is 0.317 e. The summed E-state index contributed by atoms with van der Waals surface area (Å²) < 4.78 is 5.50. The molecule has 1 rings (SSSR count). The molecule has 6 nitrogen and oxygen atoms in total. The summed E-state index contributed by atoms with van der Waals surface area (Å²) in [7, 11) is 0. The molecule has 2 amide bonds. The van der Waals surface area contributed by atoms with Crippen LogP contribution in [0.15, 0.2) is 0 Å². The number of nitrogens with one attached hydrogen (secondary N) is 1. The van der Waals surface area contributed by atoms with E-state index in [1.54, 1.807) is 4.90 Å². The number of urea groups is 1. The maximum absolute atomic E-state index is 11.6. The van der Waals surface area contributed by atoms with E-state index in [0.29, 0.717) is 32.7 Å². The third-order valence-corrected chi connectivity index (χ3v) is 2.67. The van der Waals surface area contributed by atoms with Crippen molar-refractivity contribution in [2.75, 3.05) is 26.2 Å². The zero-order valence-corrected chi connectivity index (χ0v) is 10.4. The van der Waals surface area contributed by atoms with Crippen LogP contribution < -0.4 is 5.32 Å². The average molecular weight is 244 g/mol. The number of rotatable bonds is 6. The van der Waals surface area contributed by atoms with Crippen LogP contribution in [-0.4, -0.2) is 53.8 Å². The number of aliphatic carboxylic acids is 1. The number of carbonyl (C=O) groups is 2. The summed E-state index contributed by atoms with van der Waals surface area (Å²) in [6.07, 6.45) is 0.536. The molecule has 0 radical (unpaired) electrons. The number of carboxylic acid groups (broad SMARTS) is 1. The van der Waals surface area contributed by atoms with Crippen molar-refractivity contribution >= 4 is 12.0 Å². The Morgan fingerprint density at radius 1 is 1.47 bits per heavy atom. The predicted octanol–water partition coefficient (Wildman–Crippen LogP) is 0.672. The number of carboxylic acids is 1. The fraction of sp³-hybridized carbons (Fsp3) is 0.818. The molecule has 1 heterocycles. The summed E-state index contributed by atoms with van der Waals surface area (Å²) >= 11 is 0. The first kappa shape index (κ1) is 13.8. The van der Waals surface area contributed by atoms with Crippen LogP contribution in [0.25, 0.3) is 0 Å². The van der Waals surface area contributed by atoms with Gasteiger partial charge in [0.05, 0.1) is 13.1 Å². The zero-order valence-electron chi connectivity index (χ0n) is 10.4. The Bertz CT molecular complexity index is 287.